The molecule has 0 spiro atoms. The Hall–Kier alpha value is -1.10. The molecule has 1 aliphatic heterocycles. The third-order valence-electron chi connectivity index (χ3n) is 5.05. The second-order valence-corrected chi connectivity index (χ2v) is 7.87. The molecule has 1 saturated heterocycles. The third kappa shape index (κ3) is 5.47. The lowest BCUT2D eigenvalue weighted by Crippen LogP contribution is -2.47. The van der Waals surface area contributed by atoms with Crippen LogP contribution in [0.25, 0.3) is 0 Å². The van der Waals surface area contributed by atoms with Gasteiger partial charge in [0.15, 0.2) is 0 Å². The lowest BCUT2D eigenvalue weighted by Gasteiger charge is -2.33. The van der Waals surface area contributed by atoms with Gasteiger partial charge in [0, 0.05) is 37.6 Å². The molecule has 3 unspecified atom stereocenters. The van der Waals surface area contributed by atoms with E-state index in [0.29, 0.717) is 19.1 Å². The predicted molar refractivity (Wildman–Crippen MR) is 94.5 cm³/mol. The van der Waals surface area contributed by atoms with Crippen molar-refractivity contribution in [2.24, 2.45) is 17.8 Å². The van der Waals surface area contributed by atoms with E-state index in [-0.39, 0.29) is 29.7 Å². The average molecular weight is 338 g/mol. The van der Waals surface area contributed by atoms with Gasteiger partial charge >= 0.3 is 0 Å². The van der Waals surface area contributed by atoms with Crippen LogP contribution in [0.4, 0.5) is 0 Å². The number of ether oxygens (including phenoxy) is 1. The van der Waals surface area contributed by atoms with Crippen molar-refractivity contribution in [3.8, 4) is 0 Å². The van der Waals surface area contributed by atoms with Gasteiger partial charge in [-0.25, -0.2) is 0 Å². The molecule has 0 aromatic carbocycles. The van der Waals surface area contributed by atoms with Crippen LogP contribution in [0.2, 0.25) is 0 Å². The number of hydrogen-bond donors (Lipinski definition) is 1. The van der Waals surface area contributed by atoms with E-state index in [4.69, 9.17) is 4.74 Å². The number of amides is 2. The van der Waals surface area contributed by atoms with Crippen LogP contribution in [-0.2, 0) is 14.3 Å². The molecular weight excluding hydrogens is 304 g/mol. The SMILES string of the molecule is CC(C)COCC(C)NC(=O)C1CCCCC1C(=O)N1CCCC1. The summed E-state index contributed by atoms with van der Waals surface area (Å²) in [6.07, 6.45) is 5.97. The van der Waals surface area contributed by atoms with Crippen LogP contribution in [0, 0.1) is 17.8 Å². The Bertz CT molecular complexity index is 419. The molecule has 2 rings (SSSR count). The van der Waals surface area contributed by atoms with Crippen molar-refractivity contribution in [2.45, 2.75) is 65.3 Å². The quantitative estimate of drug-likeness (QED) is 0.776. The highest BCUT2D eigenvalue weighted by Crippen LogP contribution is 2.32. The lowest BCUT2D eigenvalue weighted by atomic mass is 9.77. The van der Waals surface area contributed by atoms with Gasteiger partial charge in [-0.15, -0.1) is 0 Å². The minimum absolute atomic E-state index is 0.0132. The van der Waals surface area contributed by atoms with Crippen molar-refractivity contribution in [3.63, 3.8) is 0 Å². The van der Waals surface area contributed by atoms with E-state index in [1.807, 2.05) is 11.8 Å². The van der Waals surface area contributed by atoms with E-state index in [1.165, 1.54) is 0 Å². The van der Waals surface area contributed by atoms with Gasteiger partial charge in [-0.05, 0) is 38.5 Å². The Labute approximate surface area is 146 Å². The zero-order valence-corrected chi connectivity index (χ0v) is 15.6. The van der Waals surface area contributed by atoms with Crippen molar-refractivity contribution in [2.75, 3.05) is 26.3 Å². The Morgan fingerprint density at radius 1 is 1.00 bits per heavy atom. The second kappa shape index (κ2) is 9.40. The van der Waals surface area contributed by atoms with E-state index >= 15 is 0 Å². The van der Waals surface area contributed by atoms with Gasteiger partial charge in [0.1, 0.15) is 0 Å². The topological polar surface area (TPSA) is 58.6 Å². The van der Waals surface area contributed by atoms with Crippen LogP contribution in [0.1, 0.15) is 59.3 Å². The maximum Gasteiger partial charge on any atom is 0.226 e. The van der Waals surface area contributed by atoms with Gasteiger partial charge in [0.2, 0.25) is 11.8 Å². The van der Waals surface area contributed by atoms with Crippen molar-refractivity contribution in [1.82, 2.24) is 10.2 Å². The number of likely N-dealkylation sites (tertiary alicyclic amines) is 1. The molecule has 5 nitrogen and oxygen atoms in total. The van der Waals surface area contributed by atoms with Gasteiger partial charge in [0.25, 0.3) is 0 Å². The van der Waals surface area contributed by atoms with Crippen LogP contribution in [-0.4, -0.2) is 49.1 Å². The molecule has 0 aromatic rings. The molecule has 0 bridgehead atoms. The fourth-order valence-electron chi connectivity index (χ4n) is 3.78. The molecule has 1 N–H and O–H groups in total. The summed E-state index contributed by atoms with van der Waals surface area (Å²) < 4.78 is 5.61. The first-order valence-electron chi connectivity index (χ1n) is 9.66. The minimum atomic E-state index is -0.167. The molecule has 5 heteroatoms. The van der Waals surface area contributed by atoms with E-state index < -0.39 is 0 Å². The fraction of sp³-hybridized carbons (Fsp3) is 0.895. The number of carbonyl (C=O) groups excluding carboxylic acids is 2. The highest BCUT2D eigenvalue weighted by atomic mass is 16.5. The summed E-state index contributed by atoms with van der Waals surface area (Å²) in [5.41, 5.74) is 0. The van der Waals surface area contributed by atoms with E-state index in [0.717, 1.165) is 51.6 Å². The summed E-state index contributed by atoms with van der Waals surface area (Å²) in [5.74, 6) is 0.442. The summed E-state index contributed by atoms with van der Waals surface area (Å²) in [5, 5.41) is 3.06. The van der Waals surface area contributed by atoms with Crippen molar-refractivity contribution in [3.05, 3.63) is 0 Å². The number of rotatable bonds is 7. The fourth-order valence-corrected chi connectivity index (χ4v) is 3.78. The standard InChI is InChI=1S/C19H34N2O3/c1-14(2)12-24-13-15(3)20-18(22)16-8-4-5-9-17(16)19(23)21-10-6-7-11-21/h14-17H,4-13H2,1-3H3,(H,20,22). The molecule has 138 valence electrons. The molecule has 3 atom stereocenters. The smallest absolute Gasteiger partial charge is 0.226 e. The average Bonchev–Trinajstić information content (AvgIpc) is 3.08. The summed E-state index contributed by atoms with van der Waals surface area (Å²) >= 11 is 0. The van der Waals surface area contributed by atoms with Crippen molar-refractivity contribution < 1.29 is 14.3 Å². The van der Waals surface area contributed by atoms with E-state index in [9.17, 15) is 9.59 Å². The van der Waals surface area contributed by atoms with Crippen molar-refractivity contribution >= 4 is 11.8 Å². The van der Waals surface area contributed by atoms with Crippen molar-refractivity contribution in [1.29, 1.82) is 0 Å². The second-order valence-electron chi connectivity index (χ2n) is 7.87. The molecule has 1 aliphatic carbocycles. The normalized spacial score (nSPS) is 25.8. The Morgan fingerprint density at radius 3 is 2.25 bits per heavy atom. The Kier molecular flexibility index (Phi) is 7.53. The Balaban J connectivity index is 1.86. The first kappa shape index (κ1) is 19.2. The minimum Gasteiger partial charge on any atom is -0.379 e. The predicted octanol–water partition coefficient (Wildman–Crippen LogP) is 2.59. The Morgan fingerprint density at radius 2 is 1.62 bits per heavy atom. The molecule has 1 heterocycles. The highest BCUT2D eigenvalue weighted by Gasteiger charge is 2.38. The summed E-state index contributed by atoms with van der Waals surface area (Å²) in [6.45, 7) is 9.16. The maximum absolute atomic E-state index is 12.8. The molecule has 24 heavy (non-hydrogen) atoms. The van der Waals surface area contributed by atoms with E-state index in [1.54, 1.807) is 0 Å². The van der Waals surface area contributed by atoms with Gasteiger partial charge in [-0.2, -0.15) is 0 Å². The summed E-state index contributed by atoms with van der Waals surface area (Å²) in [7, 11) is 0. The molecule has 2 aliphatic rings. The first-order valence-corrected chi connectivity index (χ1v) is 9.66. The lowest BCUT2D eigenvalue weighted by molar-refractivity contribution is -0.143. The van der Waals surface area contributed by atoms with Crippen LogP contribution in [0.15, 0.2) is 0 Å². The monoisotopic (exact) mass is 338 g/mol. The van der Waals surface area contributed by atoms with Crippen LogP contribution in [0.5, 0.6) is 0 Å². The van der Waals surface area contributed by atoms with Crippen LogP contribution < -0.4 is 5.32 Å². The molecule has 1 saturated carbocycles. The van der Waals surface area contributed by atoms with Gasteiger partial charge in [0.05, 0.1) is 6.61 Å². The number of nitrogens with zero attached hydrogens (tertiary/aromatic N) is 1. The van der Waals surface area contributed by atoms with Gasteiger partial charge < -0.3 is 15.0 Å². The van der Waals surface area contributed by atoms with E-state index in [2.05, 4.69) is 19.2 Å². The molecular formula is C19H34N2O3. The van der Waals surface area contributed by atoms with Gasteiger partial charge in [-0.3, -0.25) is 9.59 Å². The summed E-state index contributed by atoms with van der Waals surface area (Å²) in [4.78, 5) is 27.4. The van der Waals surface area contributed by atoms with Gasteiger partial charge in [-0.1, -0.05) is 26.7 Å². The molecule has 2 amide bonds. The number of carbonyl (C=O) groups is 2. The highest BCUT2D eigenvalue weighted by molar-refractivity contribution is 5.88. The zero-order chi connectivity index (χ0) is 17.5. The zero-order valence-electron chi connectivity index (χ0n) is 15.6. The third-order valence-corrected chi connectivity index (χ3v) is 5.05. The van der Waals surface area contributed by atoms with Crippen LogP contribution >= 0.6 is 0 Å². The van der Waals surface area contributed by atoms with Crippen LogP contribution in [0.3, 0.4) is 0 Å². The number of nitrogens with one attached hydrogen (secondary N) is 1. The number of hydrogen-bond acceptors (Lipinski definition) is 3. The largest absolute Gasteiger partial charge is 0.379 e. The molecule has 2 fully saturated rings. The first-order chi connectivity index (χ1) is 11.5. The molecule has 0 aromatic heterocycles. The molecule has 0 radical (unpaired) electrons. The maximum atomic E-state index is 12.8. The summed E-state index contributed by atoms with van der Waals surface area (Å²) in [6, 6.07) is -0.0132.